The standard InChI is InChI=1S/C26H34ClFO5.C23H34O2.CH4/c1-6-21(32)33-26(20(31)14-27)15(2)12-23(4)18-8-7-16-11-17(29)9-10-22(16,3)25(18,28)19(30)13-24(23,26)5;1-15(24)21(3)12-13-22(4)19-7-6-16-14-17(25)8-10-20(16,2)18(19)9-11-23(21,22)5;/h9-11,15,18-19,30H,6-8,12-14H2,1-5H3;14,18-19H,6-13H2,1-5H3;1H4/t15-,18-,19-,22-,23-,24-,25-,26-;18-,19+,20-,21+,22-,23+;/m00./s1. The van der Waals surface area contributed by atoms with E-state index in [1.807, 2.05) is 33.8 Å². The average molecular weight is 840 g/mol. The molecule has 0 spiro atoms. The lowest BCUT2D eigenvalue weighted by molar-refractivity contribution is -0.251. The predicted octanol–water partition coefficient (Wildman–Crippen LogP) is 10.6. The van der Waals surface area contributed by atoms with Gasteiger partial charge in [0, 0.05) is 40.9 Å². The molecule has 14 atom stereocenters. The van der Waals surface area contributed by atoms with Crippen molar-refractivity contribution in [1.29, 1.82) is 0 Å². The van der Waals surface area contributed by atoms with Gasteiger partial charge >= 0.3 is 5.97 Å². The summed E-state index contributed by atoms with van der Waals surface area (Å²) < 4.78 is 23.4. The SMILES string of the molecule is C.CC(=O)[C@@]1(C)CC[C@@]2(C)[C@@H]3CCC4=CC(=O)CC[C@]4(C)[C@H]3CC[C@@]21C.CCC(=O)O[C@]1(C(=O)CCl)[C@@H](C)C[C@@]2(C)[C@@H]3CCC4=CC(=O)C=C[C@]4(C)[C@@]3(F)[C@@H](O)C[C@@]21C. The van der Waals surface area contributed by atoms with Crippen molar-refractivity contribution >= 4 is 40.7 Å². The highest BCUT2D eigenvalue weighted by Gasteiger charge is 2.81. The molecule has 0 amide bonds. The Balaban J connectivity index is 0.000000202. The maximum Gasteiger partial charge on any atom is 0.306 e. The number of allylic oxidation sites excluding steroid dienone is 5. The summed E-state index contributed by atoms with van der Waals surface area (Å²) in [6.45, 7) is 20.6. The van der Waals surface area contributed by atoms with Crippen molar-refractivity contribution in [2.45, 2.75) is 178 Å². The fourth-order valence-corrected chi connectivity index (χ4v) is 16.3. The molecular weight excluding hydrogens is 767 g/mol. The van der Waals surface area contributed by atoms with Gasteiger partial charge in [-0.25, -0.2) is 4.39 Å². The second-order valence-electron chi connectivity index (χ2n) is 21.6. The first-order valence-corrected chi connectivity index (χ1v) is 22.8. The van der Waals surface area contributed by atoms with Crippen LogP contribution >= 0.6 is 11.6 Å². The van der Waals surface area contributed by atoms with Crippen LogP contribution in [0.2, 0.25) is 0 Å². The molecule has 6 fully saturated rings. The quantitative estimate of drug-likeness (QED) is 0.217. The molecule has 0 aromatic heterocycles. The van der Waals surface area contributed by atoms with E-state index < -0.39 is 57.2 Å². The maximum atomic E-state index is 17.4. The molecule has 0 saturated heterocycles. The monoisotopic (exact) mass is 838 g/mol. The highest BCUT2D eigenvalue weighted by Crippen LogP contribution is 2.77. The van der Waals surface area contributed by atoms with E-state index in [1.165, 1.54) is 37.0 Å². The van der Waals surface area contributed by atoms with Crippen LogP contribution in [0.1, 0.15) is 160 Å². The Labute approximate surface area is 358 Å². The van der Waals surface area contributed by atoms with Crippen LogP contribution < -0.4 is 0 Å². The van der Waals surface area contributed by atoms with Crippen LogP contribution in [0.4, 0.5) is 4.39 Å². The highest BCUT2D eigenvalue weighted by atomic mass is 35.5. The van der Waals surface area contributed by atoms with Crippen molar-refractivity contribution in [3.8, 4) is 0 Å². The topological polar surface area (TPSA) is 115 Å². The highest BCUT2D eigenvalue weighted by molar-refractivity contribution is 6.29. The number of aliphatic hydroxyl groups is 1. The number of hydrogen-bond donors (Lipinski definition) is 1. The average Bonchev–Trinajstić information content (AvgIpc) is 3.49. The minimum absolute atomic E-state index is 0. The van der Waals surface area contributed by atoms with E-state index >= 15 is 4.39 Å². The van der Waals surface area contributed by atoms with Gasteiger partial charge in [0.15, 0.2) is 28.6 Å². The van der Waals surface area contributed by atoms with Gasteiger partial charge in [-0.1, -0.05) is 80.0 Å². The third kappa shape index (κ3) is 5.61. The van der Waals surface area contributed by atoms with Crippen LogP contribution in [0.3, 0.4) is 0 Å². The molecule has 9 heteroatoms. The van der Waals surface area contributed by atoms with E-state index in [0.717, 1.165) is 32.1 Å². The molecule has 6 saturated carbocycles. The summed E-state index contributed by atoms with van der Waals surface area (Å²) in [6, 6.07) is 0. The minimum Gasteiger partial charge on any atom is -0.450 e. The number of halogens is 2. The second-order valence-corrected chi connectivity index (χ2v) is 21.9. The normalized spacial score (nSPS) is 49.1. The Morgan fingerprint density at radius 3 is 2.14 bits per heavy atom. The van der Waals surface area contributed by atoms with Gasteiger partial charge in [-0.15, -0.1) is 11.6 Å². The number of aliphatic hydroxyl groups excluding tert-OH is 1. The van der Waals surface area contributed by atoms with E-state index in [9.17, 15) is 29.1 Å². The van der Waals surface area contributed by atoms with E-state index in [4.69, 9.17) is 16.3 Å². The van der Waals surface area contributed by atoms with E-state index in [-0.39, 0.29) is 53.6 Å². The van der Waals surface area contributed by atoms with Crippen molar-refractivity contribution in [1.82, 2.24) is 0 Å². The summed E-state index contributed by atoms with van der Waals surface area (Å²) in [5.41, 5.74) is -3.88. The van der Waals surface area contributed by atoms with Gasteiger partial charge in [0.2, 0.25) is 0 Å². The van der Waals surface area contributed by atoms with Gasteiger partial charge in [-0.2, -0.15) is 0 Å². The predicted molar refractivity (Wildman–Crippen MR) is 229 cm³/mol. The van der Waals surface area contributed by atoms with Gasteiger partial charge in [-0.3, -0.25) is 24.0 Å². The Morgan fingerprint density at radius 2 is 1.51 bits per heavy atom. The van der Waals surface area contributed by atoms with Crippen molar-refractivity contribution in [3.05, 3.63) is 35.5 Å². The molecule has 0 heterocycles. The molecule has 328 valence electrons. The number of esters is 1. The van der Waals surface area contributed by atoms with Crippen LogP contribution in [0, 0.1) is 61.6 Å². The lowest BCUT2D eigenvalue weighted by Crippen LogP contribution is -2.72. The zero-order valence-corrected chi connectivity index (χ0v) is 37.5. The molecule has 8 rings (SSSR count). The molecule has 8 aliphatic rings. The third-order valence-corrected chi connectivity index (χ3v) is 20.4. The lowest BCUT2D eigenvalue weighted by atomic mass is 9.40. The summed E-state index contributed by atoms with van der Waals surface area (Å²) in [5.74, 6) is -0.283. The van der Waals surface area contributed by atoms with Crippen LogP contribution in [0.15, 0.2) is 35.5 Å². The van der Waals surface area contributed by atoms with E-state index in [1.54, 1.807) is 19.9 Å². The summed E-state index contributed by atoms with van der Waals surface area (Å²) in [5, 5.41) is 11.5. The van der Waals surface area contributed by atoms with Crippen LogP contribution in [-0.4, -0.2) is 57.5 Å². The first kappa shape index (κ1) is 46.1. The molecule has 7 nitrogen and oxygen atoms in total. The molecule has 0 radical (unpaired) electrons. The number of hydrogen-bond acceptors (Lipinski definition) is 7. The van der Waals surface area contributed by atoms with Crippen molar-refractivity contribution < 1.29 is 38.2 Å². The number of Topliss-reactive ketones (excluding diaryl/α,β-unsaturated/α-hetero) is 2. The minimum atomic E-state index is -2.03. The lowest BCUT2D eigenvalue weighted by Gasteiger charge is -2.66. The first-order valence-electron chi connectivity index (χ1n) is 22.2. The first-order chi connectivity index (χ1) is 26.9. The molecule has 8 aliphatic carbocycles. The summed E-state index contributed by atoms with van der Waals surface area (Å²) in [4.78, 5) is 62.6. The number of rotatable bonds is 5. The molecule has 0 aliphatic heterocycles. The van der Waals surface area contributed by atoms with E-state index in [0.29, 0.717) is 48.2 Å². The Hall–Kier alpha value is -2.45. The second kappa shape index (κ2) is 14.6. The van der Waals surface area contributed by atoms with Crippen LogP contribution in [0.5, 0.6) is 0 Å². The smallest absolute Gasteiger partial charge is 0.306 e. The number of carbonyl (C=O) groups is 5. The van der Waals surface area contributed by atoms with Crippen molar-refractivity contribution in [2.24, 2.45) is 61.6 Å². The largest absolute Gasteiger partial charge is 0.450 e. The van der Waals surface area contributed by atoms with Crippen LogP contribution in [0.25, 0.3) is 0 Å². The zero-order valence-electron chi connectivity index (χ0n) is 36.7. The van der Waals surface area contributed by atoms with Crippen molar-refractivity contribution in [2.75, 3.05) is 5.88 Å². The van der Waals surface area contributed by atoms with Gasteiger partial charge < -0.3 is 9.84 Å². The molecule has 0 bridgehead atoms. The molecule has 0 aromatic rings. The molecule has 1 N–H and O–H groups in total. The Bertz CT molecular complexity index is 1920. The zero-order chi connectivity index (χ0) is 42.9. The van der Waals surface area contributed by atoms with E-state index in [2.05, 4.69) is 27.7 Å². The number of ether oxygens (including phenoxy) is 1. The number of alkyl halides is 2. The molecule has 0 unspecified atom stereocenters. The molecule has 59 heavy (non-hydrogen) atoms. The number of ketones is 4. The third-order valence-electron chi connectivity index (χ3n) is 20.2. The Kier molecular flexibility index (Phi) is 11.4. The number of fused-ring (bicyclic) bond motifs is 10. The van der Waals surface area contributed by atoms with Gasteiger partial charge in [0.05, 0.1) is 12.0 Å². The summed E-state index contributed by atoms with van der Waals surface area (Å²) in [6.07, 6.45) is 15.2. The fourth-order valence-electron chi connectivity index (χ4n) is 16.1. The maximum absolute atomic E-state index is 17.4. The summed E-state index contributed by atoms with van der Waals surface area (Å²) in [7, 11) is 0. The van der Waals surface area contributed by atoms with Gasteiger partial charge in [0.25, 0.3) is 0 Å². The fraction of sp³-hybridized carbons (Fsp3) is 0.780. The van der Waals surface area contributed by atoms with Gasteiger partial charge in [0.1, 0.15) is 5.78 Å². The van der Waals surface area contributed by atoms with Crippen molar-refractivity contribution in [3.63, 3.8) is 0 Å². The number of carbonyl (C=O) groups excluding carboxylic acids is 5. The Morgan fingerprint density at radius 1 is 0.847 bits per heavy atom. The summed E-state index contributed by atoms with van der Waals surface area (Å²) >= 11 is 6.05. The molecular formula is C50H72ClFO7. The molecule has 0 aromatic carbocycles. The van der Waals surface area contributed by atoms with Crippen LogP contribution in [-0.2, 0) is 28.7 Å². The van der Waals surface area contributed by atoms with Gasteiger partial charge in [-0.05, 0) is 136 Å².